The summed E-state index contributed by atoms with van der Waals surface area (Å²) in [7, 11) is 0. The van der Waals surface area contributed by atoms with Crippen molar-refractivity contribution in [1.82, 2.24) is 0 Å². The minimum atomic E-state index is 0. The zero-order chi connectivity index (χ0) is 15.5. The summed E-state index contributed by atoms with van der Waals surface area (Å²) in [6.45, 7) is 4.76. The number of hydrogen-bond donors (Lipinski definition) is 0. The second-order valence-corrected chi connectivity index (χ2v) is 8.99. The van der Waals surface area contributed by atoms with Crippen molar-refractivity contribution >= 4 is 5.78 Å². The Labute approximate surface area is 142 Å². The van der Waals surface area contributed by atoms with Gasteiger partial charge in [-0.1, -0.05) is 39.5 Å². The number of Topliss-reactive ketones (excluding diaryl/α,β-unsaturated/α-hetero) is 1. The monoisotopic (exact) mass is 310 g/mol. The van der Waals surface area contributed by atoms with Crippen molar-refractivity contribution in [3.8, 4) is 0 Å². The second-order valence-electron chi connectivity index (χ2n) is 8.99. The molecule has 0 radical (unpaired) electrons. The lowest BCUT2D eigenvalue weighted by Crippen LogP contribution is -2.32. The molecule has 0 aliphatic heterocycles. The van der Waals surface area contributed by atoms with Gasteiger partial charge in [0.05, 0.1) is 0 Å². The molecule has 0 aromatic rings. The van der Waals surface area contributed by atoms with E-state index in [1.807, 2.05) is 0 Å². The first-order valence-electron chi connectivity index (χ1n) is 10.2. The van der Waals surface area contributed by atoms with Crippen LogP contribution in [0.15, 0.2) is 0 Å². The lowest BCUT2D eigenvalue weighted by atomic mass is 9.67. The maximum atomic E-state index is 12.8. The molecule has 132 valence electrons. The van der Waals surface area contributed by atoms with Crippen LogP contribution in [-0.2, 0) is 4.79 Å². The minimum Gasteiger partial charge on any atom is -0.299 e. The van der Waals surface area contributed by atoms with Gasteiger partial charge >= 0.3 is 0 Å². The Kier molecular flexibility index (Phi) is 5.63. The molecule has 3 fully saturated rings. The zero-order valence-electron chi connectivity index (χ0n) is 14.9. The summed E-state index contributed by atoms with van der Waals surface area (Å²) in [4.78, 5) is 12.8. The SMILES string of the molecule is CC1CCC(C(=O)C2CCC(C3CCC(C)CC3)CC2)CC1.[HH].[HH].[HH]. The third-order valence-corrected chi connectivity index (χ3v) is 7.32. The maximum absolute atomic E-state index is 12.8. The molecular formula is C21H42O. The Hall–Kier alpha value is -0.330. The van der Waals surface area contributed by atoms with Crippen LogP contribution in [0.1, 0.15) is 95.2 Å². The van der Waals surface area contributed by atoms with Crippen molar-refractivity contribution in [2.75, 3.05) is 0 Å². The second kappa shape index (κ2) is 7.49. The first kappa shape index (κ1) is 16.5. The maximum Gasteiger partial charge on any atom is 0.139 e. The minimum absolute atomic E-state index is 0. The molecule has 0 saturated heterocycles. The molecule has 1 heteroatoms. The van der Waals surface area contributed by atoms with Crippen molar-refractivity contribution in [2.45, 2.75) is 90.9 Å². The van der Waals surface area contributed by atoms with Gasteiger partial charge in [-0.15, -0.1) is 0 Å². The van der Waals surface area contributed by atoms with E-state index in [2.05, 4.69) is 13.8 Å². The fraction of sp³-hybridized carbons (Fsp3) is 0.952. The Morgan fingerprint density at radius 1 is 0.591 bits per heavy atom. The van der Waals surface area contributed by atoms with Gasteiger partial charge in [0.25, 0.3) is 0 Å². The molecule has 0 heterocycles. The number of rotatable bonds is 3. The van der Waals surface area contributed by atoms with E-state index < -0.39 is 0 Å². The van der Waals surface area contributed by atoms with Crippen LogP contribution < -0.4 is 0 Å². The summed E-state index contributed by atoms with van der Waals surface area (Å²) in [5, 5.41) is 0. The van der Waals surface area contributed by atoms with E-state index in [0.29, 0.717) is 17.6 Å². The van der Waals surface area contributed by atoms with Crippen LogP contribution in [0.2, 0.25) is 0 Å². The van der Waals surface area contributed by atoms with E-state index in [0.717, 1.165) is 23.7 Å². The van der Waals surface area contributed by atoms with Crippen LogP contribution in [0, 0.1) is 35.5 Å². The number of carbonyl (C=O) groups is 1. The highest BCUT2D eigenvalue weighted by Crippen LogP contribution is 2.42. The van der Waals surface area contributed by atoms with Crippen molar-refractivity contribution in [3.63, 3.8) is 0 Å². The van der Waals surface area contributed by atoms with Gasteiger partial charge in [-0.3, -0.25) is 4.79 Å². The summed E-state index contributed by atoms with van der Waals surface area (Å²) >= 11 is 0. The smallest absolute Gasteiger partial charge is 0.139 e. The highest BCUT2D eigenvalue weighted by molar-refractivity contribution is 5.83. The summed E-state index contributed by atoms with van der Waals surface area (Å²) < 4.78 is 0. The van der Waals surface area contributed by atoms with Crippen LogP contribution in [-0.4, -0.2) is 5.78 Å². The van der Waals surface area contributed by atoms with Crippen LogP contribution >= 0.6 is 0 Å². The van der Waals surface area contributed by atoms with Gasteiger partial charge in [0.2, 0.25) is 0 Å². The fourth-order valence-corrected chi connectivity index (χ4v) is 5.51. The van der Waals surface area contributed by atoms with Crippen molar-refractivity contribution in [2.24, 2.45) is 35.5 Å². The largest absolute Gasteiger partial charge is 0.299 e. The Morgan fingerprint density at radius 2 is 0.909 bits per heavy atom. The quantitative estimate of drug-likeness (QED) is 0.563. The normalized spacial score (nSPS) is 43.7. The summed E-state index contributed by atoms with van der Waals surface area (Å²) in [5.41, 5.74) is 0. The van der Waals surface area contributed by atoms with E-state index in [1.54, 1.807) is 0 Å². The van der Waals surface area contributed by atoms with Crippen LogP contribution in [0.25, 0.3) is 0 Å². The molecule has 22 heavy (non-hydrogen) atoms. The molecule has 3 aliphatic carbocycles. The van der Waals surface area contributed by atoms with E-state index in [-0.39, 0.29) is 4.28 Å². The van der Waals surface area contributed by atoms with E-state index in [1.165, 1.54) is 77.0 Å². The molecule has 0 bridgehead atoms. The topological polar surface area (TPSA) is 17.1 Å². The predicted molar refractivity (Wildman–Crippen MR) is 99.0 cm³/mol. The summed E-state index contributed by atoms with van der Waals surface area (Å²) in [6, 6.07) is 0. The average molecular weight is 311 g/mol. The number of hydrogen-bond acceptors (Lipinski definition) is 1. The van der Waals surface area contributed by atoms with E-state index in [4.69, 9.17) is 0 Å². The predicted octanol–water partition coefficient (Wildman–Crippen LogP) is 6.75. The van der Waals surface area contributed by atoms with E-state index in [9.17, 15) is 4.79 Å². The van der Waals surface area contributed by atoms with Crippen LogP contribution in [0.5, 0.6) is 0 Å². The Balaban J connectivity index is 0.00000192. The first-order chi connectivity index (χ1) is 10.6. The zero-order valence-corrected chi connectivity index (χ0v) is 14.9. The first-order valence-corrected chi connectivity index (χ1v) is 10.2. The molecule has 0 amide bonds. The molecule has 0 N–H and O–H groups in total. The van der Waals surface area contributed by atoms with Gasteiger partial charge in [-0.25, -0.2) is 0 Å². The molecule has 0 aromatic carbocycles. The van der Waals surface area contributed by atoms with Crippen molar-refractivity contribution in [1.29, 1.82) is 0 Å². The number of carbonyl (C=O) groups excluding carboxylic acids is 1. The standard InChI is InChI=1S/C21H36O.3H2/c1-15-3-7-17(8-4-15)18-11-13-20(14-12-18)21(22)19-9-5-16(2)6-10-19;;;/h15-20H,3-14H2,1-2H3;3*1H. The van der Waals surface area contributed by atoms with Gasteiger partial charge in [0, 0.05) is 16.1 Å². The van der Waals surface area contributed by atoms with Gasteiger partial charge in [0.1, 0.15) is 5.78 Å². The molecule has 0 aromatic heterocycles. The van der Waals surface area contributed by atoms with Gasteiger partial charge in [-0.05, 0) is 75.0 Å². The molecule has 1 nitrogen and oxygen atoms in total. The molecule has 0 atom stereocenters. The molecular weight excluding hydrogens is 268 g/mol. The fourth-order valence-electron chi connectivity index (χ4n) is 5.51. The highest BCUT2D eigenvalue weighted by Gasteiger charge is 2.35. The molecule has 3 rings (SSSR count). The van der Waals surface area contributed by atoms with Gasteiger partial charge in [-0.2, -0.15) is 0 Å². The summed E-state index contributed by atoms with van der Waals surface area (Å²) in [6.07, 6.45) is 15.9. The molecule has 3 saturated carbocycles. The van der Waals surface area contributed by atoms with Crippen molar-refractivity contribution in [3.05, 3.63) is 0 Å². The van der Waals surface area contributed by atoms with Gasteiger partial charge < -0.3 is 0 Å². The lowest BCUT2D eigenvalue weighted by molar-refractivity contribution is -0.129. The molecule has 0 unspecified atom stereocenters. The van der Waals surface area contributed by atoms with Crippen molar-refractivity contribution < 1.29 is 9.07 Å². The number of ketones is 1. The average Bonchev–Trinajstić information content (AvgIpc) is 2.56. The highest BCUT2D eigenvalue weighted by atomic mass is 16.1. The van der Waals surface area contributed by atoms with Crippen LogP contribution in [0.3, 0.4) is 0 Å². The lowest BCUT2D eigenvalue weighted by Gasteiger charge is -2.38. The van der Waals surface area contributed by atoms with Crippen LogP contribution in [0.4, 0.5) is 0 Å². The van der Waals surface area contributed by atoms with E-state index >= 15 is 0 Å². The molecule has 0 spiro atoms. The Bertz CT molecular complexity index is 363. The summed E-state index contributed by atoms with van der Waals surface area (Å²) in [5.74, 6) is 5.26. The Morgan fingerprint density at radius 3 is 1.36 bits per heavy atom. The third kappa shape index (κ3) is 3.95. The molecule has 3 aliphatic rings. The third-order valence-electron chi connectivity index (χ3n) is 7.32. The van der Waals surface area contributed by atoms with Gasteiger partial charge in [0.15, 0.2) is 0 Å².